The quantitative estimate of drug-likeness (QED) is 0.853. The van der Waals surface area contributed by atoms with Crippen molar-refractivity contribution in [2.24, 2.45) is 5.92 Å². The van der Waals surface area contributed by atoms with Crippen LogP contribution in [0, 0.1) is 5.92 Å². The van der Waals surface area contributed by atoms with Crippen LogP contribution in [0.25, 0.3) is 0 Å². The van der Waals surface area contributed by atoms with Gasteiger partial charge in [-0.2, -0.15) is 0 Å². The van der Waals surface area contributed by atoms with Crippen LogP contribution in [0.5, 0.6) is 5.75 Å². The molecule has 0 amide bonds. The van der Waals surface area contributed by atoms with E-state index in [0.29, 0.717) is 6.04 Å². The fourth-order valence-electron chi connectivity index (χ4n) is 2.83. The zero-order valence-corrected chi connectivity index (χ0v) is 12.4. The highest BCUT2D eigenvalue weighted by molar-refractivity contribution is 5.29. The molecule has 3 heteroatoms. The summed E-state index contributed by atoms with van der Waals surface area (Å²) in [6, 6.07) is 9.08. The van der Waals surface area contributed by atoms with Crippen LogP contribution in [0.3, 0.4) is 0 Å². The molecule has 0 aliphatic carbocycles. The smallest absolute Gasteiger partial charge is 0.119 e. The Balaban J connectivity index is 2.04. The van der Waals surface area contributed by atoms with Crippen LogP contribution in [0.2, 0.25) is 0 Å². The Morgan fingerprint density at radius 3 is 2.58 bits per heavy atom. The van der Waals surface area contributed by atoms with Crippen LogP contribution in [0.4, 0.5) is 0 Å². The predicted octanol–water partition coefficient (Wildman–Crippen LogP) is 2.69. The molecule has 1 aromatic carbocycles. The Morgan fingerprint density at radius 1 is 1.32 bits per heavy atom. The molecule has 0 saturated carbocycles. The number of benzene rings is 1. The van der Waals surface area contributed by atoms with Gasteiger partial charge >= 0.3 is 0 Å². The molecule has 1 aliphatic heterocycles. The summed E-state index contributed by atoms with van der Waals surface area (Å²) in [7, 11) is 4.34. The van der Waals surface area contributed by atoms with Crippen molar-refractivity contribution >= 4 is 0 Å². The zero-order valence-electron chi connectivity index (χ0n) is 12.4. The molecule has 2 unspecified atom stereocenters. The molecular formula is C16H26N2O. The van der Waals surface area contributed by atoms with Crippen molar-refractivity contribution in [3.8, 4) is 5.75 Å². The monoisotopic (exact) mass is 262 g/mol. The van der Waals surface area contributed by atoms with Gasteiger partial charge in [-0.1, -0.05) is 12.1 Å². The van der Waals surface area contributed by atoms with Crippen molar-refractivity contribution in [2.45, 2.75) is 25.8 Å². The molecule has 1 aromatic rings. The van der Waals surface area contributed by atoms with Gasteiger partial charge in [-0.3, -0.25) is 0 Å². The number of hydrogen-bond acceptors (Lipinski definition) is 3. The Hall–Kier alpha value is -1.06. The molecule has 0 radical (unpaired) electrons. The molecule has 1 N–H and O–H groups in total. The topological polar surface area (TPSA) is 24.5 Å². The lowest BCUT2D eigenvalue weighted by atomic mass is 9.93. The minimum atomic E-state index is 0.501. The Bertz CT molecular complexity index is 369. The largest absolute Gasteiger partial charge is 0.494 e. The molecule has 0 spiro atoms. The summed E-state index contributed by atoms with van der Waals surface area (Å²) < 4.78 is 5.51. The van der Waals surface area contributed by atoms with Crippen molar-refractivity contribution in [1.29, 1.82) is 0 Å². The maximum Gasteiger partial charge on any atom is 0.119 e. The fourth-order valence-corrected chi connectivity index (χ4v) is 2.83. The average Bonchev–Trinajstić information content (AvgIpc) is 2.90. The standard InChI is InChI=1S/C16H26N2O/c1-4-19-15-7-5-14(6-8-15)16(18(2)3)11-13-9-10-17-12-13/h5-8,13,16-17H,4,9-12H2,1-3H3. The predicted molar refractivity (Wildman–Crippen MR) is 79.6 cm³/mol. The minimum absolute atomic E-state index is 0.501. The van der Waals surface area contributed by atoms with Crippen LogP contribution in [0.1, 0.15) is 31.4 Å². The summed E-state index contributed by atoms with van der Waals surface area (Å²) in [6.45, 7) is 5.09. The third-order valence-electron chi connectivity index (χ3n) is 3.92. The molecule has 2 rings (SSSR count). The van der Waals surface area contributed by atoms with Gasteiger partial charge in [0.25, 0.3) is 0 Å². The van der Waals surface area contributed by atoms with E-state index in [0.717, 1.165) is 18.3 Å². The van der Waals surface area contributed by atoms with E-state index in [-0.39, 0.29) is 0 Å². The van der Waals surface area contributed by atoms with Crippen molar-refractivity contribution in [1.82, 2.24) is 10.2 Å². The SMILES string of the molecule is CCOc1ccc(C(CC2CCNC2)N(C)C)cc1. The number of nitrogens with one attached hydrogen (secondary N) is 1. The molecule has 106 valence electrons. The Labute approximate surface area is 116 Å². The molecule has 0 bridgehead atoms. The summed E-state index contributed by atoms with van der Waals surface area (Å²) in [6.07, 6.45) is 2.54. The van der Waals surface area contributed by atoms with E-state index in [9.17, 15) is 0 Å². The number of ether oxygens (including phenoxy) is 1. The molecule has 0 aromatic heterocycles. The highest BCUT2D eigenvalue weighted by Crippen LogP contribution is 2.29. The van der Waals surface area contributed by atoms with Crippen LogP contribution in [-0.2, 0) is 0 Å². The summed E-state index contributed by atoms with van der Waals surface area (Å²) in [5, 5.41) is 3.46. The van der Waals surface area contributed by atoms with Crippen LogP contribution in [0.15, 0.2) is 24.3 Å². The number of nitrogens with zero attached hydrogens (tertiary/aromatic N) is 1. The second-order valence-electron chi connectivity index (χ2n) is 5.58. The molecule has 3 nitrogen and oxygen atoms in total. The first kappa shape index (κ1) is 14.4. The van der Waals surface area contributed by atoms with Gasteiger partial charge < -0.3 is 15.0 Å². The van der Waals surface area contributed by atoms with E-state index in [1.54, 1.807) is 0 Å². The van der Waals surface area contributed by atoms with Crippen LogP contribution < -0.4 is 10.1 Å². The Morgan fingerprint density at radius 2 is 2.05 bits per heavy atom. The molecule has 1 aliphatic rings. The summed E-state index contributed by atoms with van der Waals surface area (Å²) >= 11 is 0. The van der Waals surface area contributed by atoms with E-state index in [2.05, 4.69) is 48.6 Å². The normalized spacial score (nSPS) is 20.7. The Kier molecular flexibility index (Phi) is 5.23. The summed E-state index contributed by atoms with van der Waals surface area (Å²) in [5.74, 6) is 1.77. The molecule has 1 heterocycles. The highest BCUT2D eigenvalue weighted by Gasteiger charge is 2.22. The van der Waals surface area contributed by atoms with Crippen molar-refractivity contribution in [3.05, 3.63) is 29.8 Å². The molecule has 19 heavy (non-hydrogen) atoms. The molecular weight excluding hydrogens is 236 g/mol. The first-order chi connectivity index (χ1) is 9.20. The lowest BCUT2D eigenvalue weighted by Gasteiger charge is -2.27. The number of rotatable bonds is 6. The third-order valence-corrected chi connectivity index (χ3v) is 3.92. The molecule has 1 fully saturated rings. The van der Waals surface area contributed by atoms with Crippen molar-refractivity contribution in [2.75, 3.05) is 33.8 Å². The third kappa shape index (κ3) is 3.95. The van der Waals surface area contributed by atoms with Gasteiger partial charge in [0, 0.05) is 6.04 Å². The summed E-state index contributed by atoms with van der Waals surface area (Å²) in [4.78, 5) is 2.33. The van der Waals surface area contributed by atoms with Gasteiger partial charge in [-0.25, -0.2) is 0 Å². The second-order valence-corrected chi connectivity index (χ2v) is 5.58. The van der Waals surface area contributed by atoms with E-state index >= 15 is 0 Å². The number of hydrogen-bond donors (Lipinski definition) is 1. The lowest BCUT2D eigenvalue weighted by Crippen LogP contribution is -2.23. The maximum atomic E-state index is 5.51. The zero-order chi connectivity index (χ0) is 13.7. The first-order valence-electron chi connectivity index (χ1n) is 7.30. The molecule has 1 saturated heterocycles. The second kappa shape index (κ2) is 6.92. The average molecular weight is 262 g/mol. The first-order valence-corrected chi connectivity index (χ1v) is 7.30. The van der Waals surface area contributed by atoms with Gasteiger partial charge in [-0.05, 0) is 70.6 Å². The van der Waals surface area contributed by atoms with Crippen molar-refractivity contribution in [3.63, 3.8) is 0 Å². The van der Waals surface area contributed by atoms with E-state index in [1.807, 2.05) is 6.92 Å². The fraction of sp³-hybridized carbons (Fsp3) is 0.625. The summed E-state index contributed by atoms with van der Waals surface area (Å²) in [5.41, 5.74) is 1.39. The van der Waals surface area contributed by atoms with Crippen LogP contribution in [-0.4, -0.2) is 38.7 Å². The van der Waals surface area contributed by atoms with E-state index in [1.165, 1.54) is 31.5 Å². The van der Waals surface area contributed by atoms with Crippen LogP contribution >= 0.6 is 0 Å². The van der Waals surface area contributed by atoms with Gasteiger partial charge in [-0.15, -0.1) is 0 Å². The minimum Gasteiger partial charge on any atom is -0.494 e. The van der Waals surface area contributed by atoms with Gasteiger partial charge in [0.15, 0.2) is 0 Å². The molecule has 2 atom stereocenters. The van der Waals surface area contributed by atoms with Gasteiger partial charge in [0.1, 0.15) is 5.75 Å². The highest BCUT2D eigenvalue weighted by atomic mass is 16.5. The van der Waals surface area contributed by atoms with Gasteiger partial charge in [0.05, 0.1) is 6.61 Å². The lowest BCUT2D eigenvalue weighted by molar-refractivity contribution is 0.252. The van der Waals surface area contributed by atoms with E-state index < -0.39 is 0 Å². The van der Waals surface area contributed by atoms with Crippen molar-refractivity contribution < 1.29 is 4.74 Å². The van der Waals surface area contributed by atoms with E-state index in [4.69, 9.17) is 4.74 Å². The maximum absolute atomic E-state index is 5.51. The van der Waals surface area contributed by atoms with Gasteiger partial charge in [0.2, 0.25) is 0 Å².